The summed E-state index contributed by atoms with van der Waals surface area (Å²) in [6.45, 7) is -0.591. The van der Waals surface area contributed by atoms with Crippen LogP contribution in [0.2, 0.25) is 5.02 Å². The zero-order valence-corrected chi connectivity index (χ0v) is 13.7. The SMILES string of the molecule is Nc1cc(C(=O)OCC(=O)Nc2ccc3c(c2)OC(F)(F)O3)ccc1Cl. The van der Waals surface area contributed by atoms with Gasteiger partial charge in [0, 0.05) is 11.8 Å². The molecular formula is C16H11ClF2N2O5. The van der Waals surface area contributed by atoms with E-state index >= 15 is 0 Å². The molecule has 0 unspecified atom stereocenters. The molecule has 0 saturated carbocycles. The van der Waals surface area contributed by atoms with Gasteiger partial charge in [0.25, 0.3) is 5.91 Å². The van der Waals surface area contributed by atoms with Crippen molar-refractivity contribution in [3.05, 3.63) is 47.0 Å². The van der Waals surface area contributed by atoms with E-state index in [1.807, 2.05) is 0 Å². The van der Waals surface area contributed by atoms with Crippen LogP contribution < -0.4 is 20.5 Å². The number of ether oxygens (including phenoxy) is 3. The summed E-state index contributed by atoms with van der Waals surface area (Å²) in [7, 11) is 0. The minimum atomic E-state index is -3.75. The standard InChI is InChI=1S/C16H11ClF2N2O5/c17-10-3-1-8(5-11(10)20)15(23)24-7-14(22)21-9-2-4-12-13(6-9)26-16(18,19)25-12/h1-6H,7,20H2,(H,21,22). The summed E-state index contributed by atoms with van der Waals surface area (Å²) in [4.78, 5) is 23.7. The van der Waals surface area contributed by atoms with Crippen LogP contribution in [0.15, 0.2) is 36.4 Å². The number of nitrogen functional groups attached to an aromatic ring is 1. The second-order valence-electron chi connectivity index (χ2n) is 5.19. The van der Waals surface area contributed by atoms with Crippen LogP contribution in [0.4, 0.5) is 20.2 Å². The summed E-state index contributed by atoms with van der Waals surface area (Å²) < 4.78 is 39.3. The Labute approximate surface area is 150 Å². The molecule has 26 heavy (non-hydrogen) atoms. The molecule has 1 heterocycles. The first-order chi connectivity index (χ1) is 12.2. The maximum atomic E-state index is 12.9. The van der Waals surface area contributed by atoms with Gasteiger partial charge in [0.2, 0.25) is 0 Å². The van der Waals surface area contributed by atoms with E-state index in [0.717, 1.165) is 6.07 Å². The van der Waals surface area contributed by atoms with Crippen LogP contribution in [0, 0.1) is 0 Å². The quantitative estimate of drug-likeness (QED) is 0.621. The van der Waals surface area contributed by atoms with Crippen molar-refractivity contribution in [2.45, 2.75) is 6.29 Å². The minimum Gasteiger partial charge on any atom is -0.452 e. The highest BCUT2D eigenvalue weighted by atomic mass is 35.5. The Balaban J connectivity index is 1.56. The molecular weight excluding hydrogens is 374 g/mol. The number of anilines is 2. The Morgan fingerprint density at radius 1 is 1.15 bits per heavy atom. The van der Waals surface area contributed by atoms with Gasteiger partial charge in [0.15, 0.2) is 18.1 Å². The highest BCUT2D eigenvalue weighted by Crippen LogP contribution is 2.42. The number of carbonyl (C=O) groups is 2. The van der Waals surface area contributed by atoms with Crippen LogP contribution in [-0.4, -0.2) is 24.8 Å². The van der Waals surface area contributed by atoms with E-state index in [1.165, 1.54) is 30.3 Å². The number of nitrogens with one attached hydrogen (secondary N) is 1. The molecule has 2 aromatic rings. The van der Waals surface area contributed by atoms with Gasteiger partial charge < -0.3 is 25.3 Å². The average molecular weight is 385 g/mol. The van der Waals surface area contributed by atoms with Gasteiger partial charge in [-0.3, -0.25) is 4.79 Å². The van der Waals surface area contributed by atoms with Crippen LogP contribution >= 0.6 is 11.6 Å². The van der Waals surface area contributed by atoms with Crippen LogP contribution in [0.25, 0.3) is 0 Å². The lowest BCUT2D eigenvalue weighted by molar-refractivity contribution is -0.286. The largest absolute Gasteiger partial charge is 0.586 e. The summed E-state index contributed by atoms with van der Waals surface area (Å²) in [5.41, 5.74) is 6.08. The van der Waals surface area contributed by atoms with Gasteiger partial charge in [0.1, 0.15) is 0 Å². The van der Waals surface area contributed by atoms with E-state index in [-0.39, 0.29) is 33.5 Å². The van der Waals surface area contributed by atoms with E-state index in [0.29, 0.717) is 0 Å². The molecule has 0 spiro atoms. The molecule has 1 aliphatic rings. The fourth-order valence-electron chi connectivity index (χ4n) is 2.11. The van der Waals surface area contributed by atoms with Crippen molar-refractivity contribution in [2.24, 2.45) is 0 Å². The molecule has 0 saturated heterocycles. The first-order valence-corrected chi connectivity index (χ1v) is 7.53. The molecule has 0 atom stereocenters. The number of benzene rings is 2. The molecule has 0 fully saturated rings. The van der Waals surface area contributed by atoms with Crippen molar-refractivity contribution >= 4 is 34.9 Å². The Hall–Kier alpha value is -3.07. The number of hydrogen-bond donors (Lipinski definition) is 2. The molecule has 136 valence electrons. The topological polar surface area (TPSA) is 99.9 Å². The summed E-state index contributed by atoms with van der Waals surface area (Å²) in [5.74, 6) is -1.82. The van der Waals surface area contributed by atoms with Gasteiger partial charge in [-0.1, -0.05) is 11.6 Å². The lowest BCUT2D eigenvalue weighted by atomic mass is 10.2. The minimum absolute atomic E-state index is 0.130. The Morgan fingerprint density at radius 3 is 2.62 bits per heavy atom. The van der Waals surface area contributed by atoms with Gasteiger partial charge in [-0.05, 0) is 30.3 Å². The fourth-order valence-corrected chi connectivity index (χ4v) is 2.23. The third-order valence-corrected chi connectivity index (χ3v) is 3.60. The summed E-state index contributed by atoms with van der Waals surface area (Å²) in [5, 5.41) is 2.67. The second kappa shape index (κ2) is 6.68. The number of nitrogens with two attached hydrogens (primary N) is 1. The number of fused-ring (bicyclic) bond motifs is 1. The zero-order valence-electron chi connectivity index (χ0n) is 12.9. The Bertz CT molecular complexity index is 891. The molecule has 2 aromatic carbocycles. The number of amides is 1. The Kier molecular flexibility index (Phi) is 4.56. The molecule has 0 aliphatic carbocycles. The first-order valence-electron chi connectivity index (χ1n) is 7.15. The van der Waals surface area contributed by atoms with E-state index in [9.17, 15) is 18.4 Å². The molecule has 3 N–H and O–H groups in total. The van der Waals surface area contributed by atoms with Crippen molar-refractivity contribution in [1.82, 2.24) is 0 Å². The highest BCUT2D eigenvalue weighted by Gasteiger charge is 2.43. The fraction of sp³-hybridized carbons (Fsp3) is 0.125. The van der Waals surface area contributed by atoms with Crippen LogP contribution in [0.3, 0.4) is 0 Å². The van der Waals surface area contributed by atoms with Crippen LogP contribution in [0.1, 0.15) is 10.4 Å². The lowest BCUT2D eigenvalue weighted by Gasteiger charge is -2.08. The van der Waals surface area contributed by atoms with Crippen molar-refractivity contribution in [2.75, 3.05) is 17.7 Å². The van der Waals surface area contributed by atoms with Crippen molar-refractivity contribution in [3.63, 3.8) is 0 Å². The first kappa shape index (κ1) is 17.7. The second-order valence-corrected chi connectivity index (χ2v) is 5.60. The van der Waals surface area contributed by atoms with Gasteiger partial charge in [-0.25, -0.2) is 4.79 Å². The van der Waals surface area contributed by atoms with Crippen LogP contribution in [0.5, 0.6) is 11.5 Å². The molecule has 1 aliphatic heterocycles. The van der Waals surface area contributed by atoms with Gasteiger partial charge in [-0.2, -0.15) is 0 Å². The normalized spacial score (nSPS) is 14.0. The predicted octanol–water partition coefficient (Wildman–Crippen LogP) is 3.04. The maximum Gasteiger partial charge on any atom is 0.586 e. The molecule has 10 heteroatoms. The highest BCUT2D eigenvalue weighted by molar-refractivity contribution is 6.33. The molecule has 1 amide bonds. The van der Waals surface area contributed by atoms with E-state index in [4.69, 9.17) is 22.1 Å². The summed E-state index contributed by atoms with van der Waals surface area (Å²) >= 11 is 5.75. The van der Waals surface area contributed by atoms with E-state index < -0.39 is 24.8 Å². The zero-order chi connectivity index (χ0) is 18.9. The van der Waals surface area contributed by atoms with Gasteiger partial charge in [-0.15, -0.1) is 8.78 Å². The van der Waals surface area contributed by atoms with E-state index in [1.54, 1.807) is 0 Å². The third-order valence-electron chi connectivity index (χ3n) is 3.25. The van der Waals surface area contributed by atoms with Crippen molar-refractivity contribution in [3.8, 4) is 11.5 Å². The third kappa shape index (κ3) is 3.94. The number of rotatable bonds is 4. The van der Waals surface area contributed by atoms with Gasteiger partial charge in [0.05, 0.1) is 16.3 Å². The van der Waals surface area contributed by atoms with Crippen molar-refractivity contribution in [1.29, 1.82) is 0 Å². The maximum absolute atomic E-state index is 12.9. The average Bonchev–Trinajstić information content (AvgIpc) is 2.88. The molecule has 0 bridgehead atoms. The predicted molar refractivity (Wildman–Crippen MR) is 87.4 cm³/mol. The lowest BCUT2D eigenvalue weighted by Crippen LogP contribution is -2.25. The monoisotopic (exact) mass is 384 g/mol. The summed E-state index contributed by atoms with van der Waals surface area (Å²) in [6.07, 6.45) is -3.75. The van der Waals surface area contributed by atoms with Gasteiger partial charge >= 0.3 is 12.3 Å². The van der Waals surface area contributed by atoms with Crippen molar-refractivity contribution < 1.29 is 32.6 Å². The summed E-state index contributed by atoms with van der Waals surface area (Å²) in [6, 6.07) is 7.86. The molecule has 0 radical (unpaired) electrons. The number of alkyl halides is 2. The Morgan fingerprint density at radius 2 is 1.88 bits per heavy atom. The number of carbonyl (C=O) groups excluding carboxylic acids is 2. The molecule has 3 rings (SSSR count). The van der Waals surface area contributed by atoms with E-state index in [2.05, 4.69) is 14.8 Å². The van der Waals surface area contributed by atoms with Crippen LogP contribution in [-0.2, 0) is 9.53 Å². The smallest absolute Gasteiger partial charge is 0.452 e. The number of esters is 1. The number of hydrogen-bond acceptors (Lipinski definition) is 6. The molecule has 0 aromatic heterocycles. The number of halogens is 3. The molecule has 7 nitrogen and oxygen atoms in total.